The molecule has 1 atom stereocenters. The number of carbonyl (C=O) groups is 2. The van der Waals surface area contributed by atoms with E-state index in [-0.39, 0.29) is 12.0 Å². The summed E-state index contributed by atoms with van der Waals surface area (Å²) in [6.45, 7) is 5.47. The van der Waals surface area contributed by atoms with E-state index in [0.29, 0.717) is 19.6 Å². The molecule has 1 aliphatic heterocycles. The second kappa shape index (κ2) is 10.3. The van der Waals surface area contributed by atoms with Crippen LogP contribution in [0.25, 0.3) is 17.3 Å². The molecule has 0 bridgehead atoms. The number of carbonyl (C=O) groups excluding carboxylic acids is 2. The smallest absolute Gasteiger partial charge is 0.312 e. The van der Waals surface area contributed by atoms with Gasteiger partial charge in [-0.1, -0.05) is 55.8 Å². The minimum absolute atomic E-state index is 0.0543. The van der Waals surface area contributed by atoms with Gasteiger partial charge in [0.1, 0.15) is 6.33 Å². The molecule has 0 aliphatic carbocycles. The van der Waals surface area contributed by atoms with Gasteiger partial charge in [0.05, 0.1) is 16.1 Å². The van der Waals surface area contributed by atoms with Crippen LogP contribution in [0, 0.1) is 5.92 Å². The van der Waals surface area contributed by atoms with Gasteiger partial charge in [0.2, 0.25) is 0 Å². The minimum atomic E-state index is -0.460. The van der Waals surface area contributed by atoms with Crippen LogP contribution in [-0.2, 0) is 16.1 Å². The third-order valence-corrected chi connectivity index (χ3v) is 6.89. The van der Waals surface area contributed by atoms with Gasteiger partial charge in [-0.05, 0) is 35.8 Å². The van der Waals surface area contributed by atoms with Crippen LogP contribution >= 0.6 is 22.9 Å². The van der Waals surface area contributed by atoms with Gasteiger partial charge in [-0.2, -0.15) is 0 Å². The maximum absolute atomic E-state index is 13.1. The summed E-state index contributed by atoms with van der Waals surface area (Å²) in [5.74, 6) is -0.698. The van der Waals surface area contributed by atoms with Crippen LogP contribution < -0.4 is 0 Å². The zero-order chi connectivity index (χ0) is 23.4. The van der Waals surface area contributed by atoms with E-state index < -0.39 is 11.8 Å². The van der Waals surface area contributed by atoms with E-state index >= 15 is 0 Å². The fourth-order valence-electron chi connectivity index (χ4n) is 3.89. The Hall–Kier alpha value is -3.03. The van der Waals surface area contributed by atoms with Gasteiger partial charge >= 0.3 is 11.8 Å². The molecule has 2 amide bonds. The molecule has 33 heavy (non-hydrogen) atoms. The first kappa shape index (κ1) is 23.1. The van der Waals surface area contributed by atoms with Crippen molar-refractivity contribution in [1.29, 1.82) is 0 Å². The minimum Gasteiger partial charge on any atom is -0.329 e. The summed E-state index contributed by atoms with van der Waals surface area (Å²) in [4.78, 5) is 38.5. The van der Waals surface area contributed by atoms with Crippen molar-refractivity contribution in [2.75, 3.05) is 13.1 Å². The molecule has 170 valence electrons. The summed E-state index contributed by atoms with van der Waals surface area (Å²) in [7, 11) is 0. The molecule has 0 N–H and O–H groups in total. The van der Waals surface area contributed by atoms with Crippen LogP contribution in [0.1, 0.15) is 24.3 Å². The Labute approximate surface area is 202 Å². The summed E-state index contributed by atoms with van der Waals surface area (Å²) in [5.41, 5.74) is 2.80. The number of benzene rings is 1. The zero-order valence-corrected chi connectivity index (χ0v) is 20.1. The molecule has 1 saturated heterocycles. The molecule has 8 heteroatoms. The van der Waals surface area contributed by atoms with E-state index in [0.717, 1.165) is 26.0 Å². The quantitative estimate of drug-likeness (QED) is 0.457. The van der Waals surface area contributed by atoms with Crippen molar-refractivity contribution in [2.24, 2.45) is 5.92 Å². The van der Waals surface area contributed by atoms with Crippen molar-refractivity contribution >= 4 is 40.8 Å². The number of aromatic nitrogens is 2. The fraction of sp³-hybridized carbons (Fsp3) is 0.280. The average Bonchev–Trinajstić information content (AvgIpc) is 3.24. The first-order valence-electron chi connectivity index (χ1n) is 10.8. The molecule has 3 heterocycles. The van der Waals surface area contributed by atoms with Crippen molar-refractivity contribution in [2.45, 2.75) is 26.4 Å². The molecule has 6 nitrogen and oxygen atoms in total. The number of halogens is 1. The highest BCUT2D eigenvalue weighted by Gasteiger charge is 2.39. The molecule has 0 radical (unpaired) electrons. The highest BCUT2D eigenvalue weighted by molar-refractivity contribution is 7.16. The zero-order valence-electron chi connectivity index (χ0n) is 18.5. The lowest BCUT2D eigenvalue weighted by molar-refractivity contribution is -0.160. The summed E-state index contributed by atoms with van der Waals surface area (Å²) in [6.07, 6.45) is 7.07. The number of amides is 2. The highest BCUT2D eigenvalue weighted by Crippen LogP contribution is 2.25. The molecular formula is C25H25ClN4O2S. The van der Waals surface area contributed by atoms with E-state index in [1.807, 2.05) is 54.6 Å². The molecule has 0 saturated carbocycles. The number of hydrogen-bond donors (Lipinski definition) is 0. The average molecular weight is 481 g/mol. The van der Waals surface area contributed by atoms with Gasteiger partial charge in [0.15, 0.2) is 0 Å². The Bertz CT molecular complexity index is 1140. The van der Waals surface area contributed by atoms with E-state index in [2.05, 4.69) is 23.8 Å². The molecule has 1 aliphatic rings. The second-order valence-corrected chi connectivity index (χ2v) is 10.0. The van der Waals surface area contributed by atoms with Gasteiger partial charge < -0.3 is 9.80 Å². The Morgan fingerprint density at radius 2 is 1.91 bits per heavy atom. The number of nitrogens with zero attached hydrogens (tertiary/aromatic N) is 4. The molecule has 1 aromatic carbocycles. The Balaban J connectivity index is 1.45. The number of rotatable bonds is 7. The molecule has 0 spiro atoms. The standard InChI is InChI=1S/C25H25ClN4O2S/c1-17(2)22-15-29(13-3-4-20-9-10-23(26)33-20)24(31)25(32)30(22)14-18-5-7-19(8-6-18)21-11-12-27-16-28-21/h3-12,16-17,22H,13-15H2,1-2H3. The van der Waals surface area contributed by atoms with Crippen molar-refractivity contribution in [3.63, 3.8) is 0 Å². The lowest BCUT2D eigenvalue weighted by Crippen LogP contribution is -2.60. The monoisotopic (exact) mass is 480 g/mol. The normalized spacial score (nSPS) is 16.9. The molecule has 1 unspecified atom stereocenters. The number of hydrogen-bond acceptors (Lipinski definition) is 5. The third-order valence-electron chi connectivity index (χ3n) is 5.69. The molecule has 3 aromatic rings. The predicted molar refractivity (Wildman–Crippen MR) is 132 cm³/mol. The molecular weight excluding hydrogens is 456 g/mol. The van der Waals surface area contributed by atoms with Crippen molar-refractivity contribution < 1.29 is 9.59 Å². The van der Waals surface area contributed by atoms with Gasteiger partial charge in [-0.3, -0.25) is 9.59 Å². The van der Waals surface area contributed by atoms with Gasteiger partial charge in [0.25, 0.3) is 0 Å². The summed E-state index contributed by atoms with van der Waals surface area (Å²) < 4.78 is 0.722. The topological polar surface area (TPSA) is 66.4 Å². The fourth-order valence-corrected chi connectivity index (χ4v) is 4.88. The maximum atomic E-state index is 13.1. The summed E-state index contributed by atoms with van der Waals surface area (Å²) in [6, 6.07) is 13.5. The summed E-state index contributed by atoms with van der Waals surface area (Å²) in [5, 5.41) is 0. The van der Waals surface area contributed by atoms with Crippen LogP contribution in [0.2, 0.25) is 4.34 Å². The lowest BCUT2D eigenvalue weighted by atomic mass is 9.97. The second-order valence-electron chi connectivity index (χ2n) is 8.29. The molecule has 1 fully saturated rings. The first-order valence-corrected chi connectivity index (χ1v) is 12.0. The summed E-state index contributed by atoms with van der Waals surface area (Å²) >= 11 is 7.45. The third kappa shape index (κ3) is 5.49. The Morgan fingerprint density at radius 3 is 2.55 bits per heavy atom. The van der Waals surface area contributed by atoms with Crippen molar-refractivity contribution in [3.05, 3.63) is 75.8 Å². The molecule has 4 rings (SSSR count). The SMILES string of the molecule is CC(C)C1CN(CC=Cc2ccc(Cl)s2)C(=O)C(=O)N1Cc1ccc(-c2ccncn2)cc1. The van der Waals surface area contributed by atoms with Crippen LogP contribution in [0.15, 0.2) is 61.1 Å². The van der Waals surface area contributed by atoms with Crippen molar-refractivity contribution in [3.8, 4) is 11.3 Å². The van der Waals surface area contributed by atoms with E-state index in [9.17, 15) is 9.59 Å². The van der Waals surface area contributed by atoms with E-state index in [4.69, 9.17) is 11.6 Å². The highest BCUT2D eigenvalue weighted by atomic mass is 35.5. The predicted octanol–water partition coefficient (Wildman–Crippen LogP) is 4.77. The Morgan fingerprint density at radius 1 is 1.12 bits per heavy atom. The molecule has 2 aromatic heterocycles. The van der Waals surface area contributed by atoms with Crippen LogP contribution in [0.3, 0.4) is 0 Å². The van der Waals surface area contributed by atoms with Crippen LogP contribution in [-0.4, -0.2) is 50.7 Å². The largest absolute Gasteiger partial charge is 0.329 e. The van der Waals surface area contributed by atoms with Crippen LogP contribution in [0.5, 0.6) is 0 Å². The Kier molecular flexibility index (Phi) is 7.20. The first-order chi connectivity index (χ1) is 15.9. The number of thiophene rings is 1. The van der Waals surface area contributed by atoms with E-state index in [1.54, 1.807) is 16.0 Å². The number of piperazine rings is 1. The lowest BCUT2D eigenvalue weighted by Gasteiger charge is -2.42. The maximum Gasteiger partial charge on any atom is 0.312 e. The van der Waals surface area contributed by atoms with Gasteiger partial charge in [0, 0.05) is 36.3 Å². The van der Waals surface area contributed by atoms with Crippen molar-refractivity contribution in [1.82, 2.24) is 19.8 Å². The van der Waals surface area contributed by atoms with Gasteiger partial charge in [-0.25, -0.2) is 9.97 Å². The van der Waals surface area contributed by atoms with Gasteiger partial charge in [-0.15, -0.1) is 11.3 Å². The van der Waals surface area contributed by atoms with Crippen LogP contribution in [0.4, 0.5) is 0 Å². The van der Waals surface area contributed by atoms with E-state index in [1.165, 1.54) is 17.7 Å².